The predicted molar refractivity (Wildman–Crippen MR) is 153 cm³/mol. The minimum Gasteiger partial charge on any atom is -0.444 e. The third-order valence-electron chi connectivity index (χ3n) is 4.93. The van der Waals surface area contributed by atoms with E-state index in [1.807, 2.05) is 41.5 Å². The van der Waals surface area contributed by atoms with Gasteiger partial charge in [0.15, 0.2) is 0 Å². The van der Waals surface area contributed by atoms with Gasteiger partial charge in [-0.3, -0.25) is 10.3 Å². The second-order valence-electron chi connectivity index (χ2n) is 11.2. The number of unbranched alkanes of at least 4 members (excludes halogenated alkanes) is 4. The van der Waals surface area contributed by atoms with E-state index in [1.165, 1.54) is 19.2 Å². The predicted octanol–water partition coefficient (Wildman–Crippen LogP) is 3.95. The van der Waals surface area contributed by atoms with Gasteiger partial charge in [-0.25, -0.2) is 9.59 Å². The van der Waals surface area contributed by atoms with E-state index < -0.39 is 17.3 Å². The molecule has 0 aromatic heterocycles. The molecule has 0 aromatic carbocycles. The van der Waals surface area contributed by atoms with Gasteiger partial charge in [0, 0.05) is 13.1 Å². The zero-order chi connectivity index (χ0) is 27.8. The highest BCUT2D eigenvalue weighted by atomic mass is 16.6. The van der Waals surface area contributed by atoms with E-state index in [9.17, 15) is 9.59 Å². The molecule has 0 aliphatic carbocycles. The Balaban J connectivity index is 3.23. The lowest BCUT2D eigenvalue weighted by atomic mass is 10.2. The van der Waals surface area contributed by atoms with Gasteiger partial charge in [0.25, 0.3) is 0 Å². The monoisotopic (exact) mass is 528 g/mol. The Morgan fingerprint density at radius 3 is 1.57 bits per heavy atom. The van der Waals surface area contributed by atoms with Crippen molar-refractivity contribution in [2.75, 3.05) is 52.4 Å². The van der Waals surface area contributed by atoms with E-state index in [0.717, 1.165) is 84.3 Å². The van der Waals surface area contributed by atoms with Crippen LogP contribution in [0.25, 0.3) is 0 Å². The van der Waals surface area contributed by atoms with Crippen molar-refractivity contribution in [2.24, 2.45) is 4.99 Å². The fraction of sp³-hybridized carbons (Fsp3) is 0.889. The molecule has 0 bridgehead atoms. The Hall–Kier alpha value is -1.91. The molecule has 0 heterocycles. The van der Waals surface area contributed by atoms with Crippen molar-refractivity contribution in [3.05, 3.63) is 0 Å². The van der Waals surface area contributed by atoms with E-state index in [2.05, 4.69) is 31.6 Å². The maximum absolute atomic E-state index is 11.5. The van der Waals surface area contributed by atoms with Crippen LogP contribution in [0.3, 0.4) is 0 Å². The van der Waals surface area contributed by atoms with Gasteiger partial charge in [0.05, 0.1) is 6.34 Å². The highest BCUT2D eigenvalue weighted by molar-refractivity contribution is 5.82. The van der Waals surface area contributed by atoms with E-state index in [-0.39, 0.29) is 6.09 Å². The summed E-state index contributed by atoms with van der Waals surface area (Å²) in [7, 11) is 0. The van der Waals surface area contributed by atoms with Gasteiger partial charge in [-0.2, -0.15) is 0 Å². The van der Waals surface area contributed by atoms with E-state index in [0.29, 0.717) is 6.54 Å². The quantitative estimate of drug-likeness (QED) is 0.0868. The summed E-state index contributed by atoms with van der Waals surface area (Å²) in [5, 5.41) is 15.7. The van der Waals surface area contributed by atoms with Crippen LogP contribution in [0.5, 0.6) is 0 Å². The summed E-state index contributed by atoms with van der Waals surface area (Å²) in [4.78, 5) is 27.2. The van der Waals surface area contributed by atoms with Crippen molar-refractivity contribution in [1.29, 1.82) is 0 Å². The number of alkyl carbamates (subject to hydrolysis) is 2. The molecule has 10 heteroatoms. The molecular weight excluding hydrogens is 472 g/mol. The maximum atomic E-state index is 11.5. The highest BCUT2D eigenvalue weighted by Gasteiger charge is 2.15. The number of hydrogen-bond acceptors (Lipinski definition) is 8. The van der Waals surface area contributed by atoms with Gasteiger partial charge in [-0.05, 0) is 119 Å². The number of amides is 2. The van der Waals surface area contributed by atoms with Crippen LogP contribution in [0.1, 0.15) is 92.9 Å². The fourth-order valence-electron chi connectivity index (χ4n) is 3.21. The molecule has 0 radical (unpaired) electrons. The van der Waals surface area contributed by atoms with Crippen molar-refractivity contribution in [3.8, 4) is 0 Å². The second-order valence-corrected chi connectivity index (χ2v) is 11.2. The second kappa shape index (κ2) is 22.1. The van der Waals surface area contributed by atoms with Gasteiger partial charge < -0.3 is 30.7 Å². The molecule has 0 atom stereocenters. The molecule has 0 aliphatic heterocycles. The normalized spacial score (nSPS) is 12.1. The summed E-state index contributed by atoms with van der Waals surface area (Å²) in [6, 6.07) is 0. The first-order valence-corrected chi connectivity index (χ1v) is 14.1. The topological polar surface area (TPSA) is 125 Å². The first-order chi connectivity index (χ1) is 17.5. The molecule has 0 rings (SSSR count). The van der Waals surface area contributed by atoms with Crippen LogP contribution in [0.2, 0.25) is 0 Å². The Morgan fingerprint density at radius 1 is 0.595 bits per heavy atom. The summed E-state index contributed by atoms with van der Waals surface area (Å²) in [5.41, 5.74) is -0.940. The lowest BCUT2D eigenvalue weighted by molar-refractivity contribution is 0.0524. The summed E-state index contributed by atoms with van der Waals surface area (Å²) < 4.78 is 10.3. The molecule has 5 N–H and O–H groups in total. The lowest BCUT2D eigenvalue weighted by Gasteiger charge is -2.19. The number of aliphatic imine (C=N–C) groups is 1. The Kier molecular flexibility index (Phi) is 21.0. The molecule has 0 aromatic rings. The zero-order valence-electron chi connectivity index (χ0n) is 24.5. The van der Waals surface area contributed by atoms with E-state index >= 15 is 0 Å². The molecule has 0 spiro atoms. The third kappa shape index (κ3) is 30.2. The number of carbonyl (C=O) groups is 2. The Labute approximate surface area is 225 Å². The smallest absolute Gasteiger partial charge is 0.412 e. The average molecular weight is 529 g/mol. The summed E-state index contributed by atoms with van der Waals surface area (Å²) in [5.74, 6) is 0. The van der Waals surface area contributed by atoms with Crippen molar-refractivity contribution < 1.29 is 19.1 Å². The largest absolute Gasteiger partial charge is 0.444 e. The molecular formula is C27H56N6O4. The first-order valence-electron chi connectivity index (χ1n) is 14.1. The molecule has 2 amide bonds. The molecule has 0 saturated carbocycles. The van der Waals surface area contributed by atoms with Gasteiger partial charge >= 0.3 is 12.2 Å². The number of nitrogens with zero attached hydrogens (tertiary/aromatic N) is 1. The molecule has 37 heavy (non-hydrogen) atoms. The number of ether oxygens (including phenoxy) is 2. The fourth-order valence-corrected chi connectivity index (χ4v) is 3.21. The Morgan fingerprint density at radius 2 is 1.03 bits per heavy atom. The maximum Gasteiger partial charge on any atom is 0.412 e. The summed E-state index contributed by atoms with van der Waals surface area (Å²) in [6.45, 7) is 18.5. The van der Waals surface area contributed by atoms with Crippen molar-refractivity contribution >= 4 is 18.5 Å². The van der Waals surface area contributed by atoms with Crippen LogP contribution in [0.4, 0.5) is 9.59 Å². The van der Waals surface area contributed by atoms with Crippen LogP contribution in [-0.2, 0) is 9.47 Å². The van der Waals surface area contributed by atoms with Crippen LogP contribution < -0.4 is 26.6 Å². The zero-order valence-corrected chi connectivity index (χ0v) is 24.5. The molecule has 0 saturated heterocycles. The highest BCUT2D eigenvalue weighted by Crippen LogP contribution is 2.06. The van der Waals surface area contributed by atoms with Crippen LogP contribution in [0.15, 0.2) is 4.99 Å². The van der Waals surface area contributed by atoms with Crippen LogP contribution in [-0.4, -0.2) is 82.1 Å². The SMILES string of the molecule is CC(C)(C)OC(=O)NC=NCCCCCCNCCCNCCCCNCCCNC(=O)OC(C)(C)C. The number of hydrogen-bond donors (Lipinski definition) is 5. The molecule has 0 unspecified atom stereocenters. The third-order valence-corrected chi connectivity index (χ3v) is 4.93. The minimum absolute atomic E-state index is 0.348. The van der Waals surface area contributed by atoms with Gasteiger partial charge in [-0.15, -0.1) is 0 Å². The summed E-state index contributed by atoms with van der Waals surface area (Å²) in [6.07, 6.45) is 9.50. The molecule has 218 valence electrons. The molecule has 10 nitrogen and oxygen atoms in total. The number of nitrogens with one attached hydrogen (secondary N) is 5. The van der Waals surface area contributed by atoms with Gasteiger partial charge in [0.2, 0.25) is 0 Å². The number of rotatable bonds is 21. The van der Waals surface area contributed by atoms with E-state index in [1.54, 1.807) is 0 Å². The van der Waals surface area contributed by atoms with Crippen molar-refractivity contribution in [2.45, 2.75) is 104 Å². The van der Waals surface area contributed by atoms with Gasteiger partial charge in [0.1, 0.15) is 11.2 Å². The van der Waals surface area contributed by atoms with Crippen LogP contribution >= 0.6 is 0 Å². The average Bonchev–Trinajstić information content (AvgIpc) is 2.77. The standard InChI is InChI=1S/C27H56N6O4/c1-26(2,3)36-24(34)32-22-14-21-30-17-12-11-16-29-20-13-19-28-15-9-7-8-10-18-31-23-33-25(35)37-27(4,5)6/h23,28-30H,7-22H2,1-6H3,(H,32,34)(H,31,33,35). The van der Waals surface area contributed by atoms with Crippen molar-refractivity contribution in [1.82, 2.24) is 26.6 Å². The van der Waals surface area contributed by atoms with Crippen molar-refractivity contribution in [3.63, 3.8) is 0 Å². The Bertz CT molecular complexity index is 603. The first kappa shape index (κ1) is 35.1. The minimum atomic E-state index is -0.493. The molecule has 0 fully saturated rings. The van der Waals surface area contributed by atoms with E-state index in [4.69, 9.17) is 9.47 Å². The number of carbonyl (C=O) groups excluding carboxylic acids is 2. The summed E-state index contributed by atoms with van der Waals surface area (Å²) >= 11 is 0. The van der Waals surface area contributed by atoms with Gasteiger partial charge in [-0.1, -0.05) is 12.8 Å². The molecule has 0 aliphatic rings. The lowest BCUT2D eigenvalue weighted by Crippen LogP contribution is -2.34. The van der Waals surface area contributed by atoms with Crippen LogP contribution in [0, 0.1) is 0 Å².